The maximum atomic E-state index is 5.58. The fourth-order valence-electron chi connectivity index (χ4n) is 4.84. The Morgan fingerprint density at radius 3 is 2.96 bits per heavy atom. The molecule has 3 saturated heterocycles. The number of nitrogens with zero attached hydrogens (tertiary/aromatic N) is 3. The highest BCUT2D eigenvalue weighted by Crippen LogP contribution is 2.44. The zero-order valence-corrected chi connectivity index (χ0v) is 15.5. The Bertz CT molecular complexity index is 510. The van der Waals surface area contributed by atoms with E-state index < -0.39 is 0 Å². The summed E-state index contributed by atoms with van der Waals surface area (Å²) in [6, 6.07) is 1.21. The lowest BCUT2D eigenvalue weighted by Gasteiger charge is -2.41. The zero-order chi connectivity index (χ0) is 16.4. The van der Waals surface area contributed by atoms with Crippen molar-refractivity contribution in [1.82, 2.24) is 14.8 Å². The van der Waals surface area contributed by atoms with E-state index in [0.29, 0.717) is 17.5 Å². The average molecular weight is 352 g/mol. The molecule has 0 radical (unpaired) electrons. The van der Waals surface area contributed by atoms with Gasteiger partial charge in [0.25, 0.3) is 0 Å². The molecule has 134 valence electrons. The second kappa shape index (κ2) is 7.38. The van der Waals surface area contributed by atoms with Crippen LogP contribution >= 0.6 is 11.3 Å². The van der Waals surface area contributed by atoms with Crippen molar-refractivity contribution in [2.45, 2.75) is 44.3 Å². The lowest BCUT2D eigenvalue weighted by molar-refractivity contribution is 0.0678. The van der Waals surface area contributed by atoms with Crippen molar-refractivity contribution < 1.29 is 9.47 Å². The van der Waals surface area contributed by atoms with Gasteiger partial charge in [0, 0.05) is 43.9 Å². The smallest absolute Gasteiger partial charge is 0.107 e. The molecular formula is C18H29N3O2S. The molecule has 6 heteroatoms. The molecule has 4 heterocycles. The third-order valence-electron chi connectivity index (χ3n) is 6.19. The molecule has 1 spiro atoms. The zero-order valence-electron chi connectivity index (χ0n) is 14.7. The molecule has 5 nitrogen and oxygen atoms in total. The number of hydrogen-bond acceptors (Lipinski definition) is 6. The van der Waals surface area contributed by atoms with E-state index in [4.69, 9.17) is 9.47 Å². The Morgan fingerprint density at radius 1 is 1.42 bits per heavy atom. The molecule has 0 amide bonds. The molecule has 3 aliphatic heterocycles. The van der Waals surface area contributed by atoms with Crippen LogP contribution in [0.25, 0.3) is 0 Å². The Balaban J connectivity index is 1.38. The van der Waals surface area contributed by atoms with E-state index in [1.807, 2.05) is 13.3 Å². The fourth-order valence-corrected chi connectivity index (χ4v) is 5.48. The van der Waals surface area contributed by atoms with Crippen LogP contribution in [-0.4, -0.2) is 73.4 Å². The number of methoxy groups -OCH3 is 1. The number of likely N-dealkylation sites (tertiary alicyclic amines) is 2. The van der Waals surface area contributed by atoms with E-state index in [1.54, 1.807) is 11.3 Å². The minimum absolute atomic E-state index is 0.483. The van der Waals surface area contributed by atoms with Crippen molar-refractivity contribution in [3.05, 3.63) is 16.6 Å². The first-order valence-corrected chi connectivity index (χ1v) is 10.1. The summed E-state index contributed by atoms with van der Waals surface area (Å²) in [5.41, 5.74) is 0.483. The molecule has 0 bridgehead atoms. The van der Waals surface area contributed by atoms with Crippen LogP contribution in [-0.2, 0) is 16.0 Å². The topological polar surface area (TPSA) is 37.8 Å². The Hall–Kier alpha value is -0.530. The molecule has 0 unspecified atom stereocenters. The Morgan fingerprint density at radius 2 is 2.29 bits per heavy atom. The van der Waals surface area contributed by atoms with E-state index in [9.17, 15) is 0 Å². The highest BCUT2D eigenvalue weighted by atomic mass is 32.1. The van der Waals surface area contributed by atoms with Gasteiger partial charge < -0.3 is 9.47 Å². The first-order chi connectivity index (χ1) is 11.8. The molecule has 0 saturated carbocycles. The van der Waals surface area contributed by atoms with Crippen LogP contribution in [0.15, 0.2) is 11.6 Å². The lowest BCUT2D eigenvalue weighted by atomic mass is 9.76. The Labute approximate surface area is 148 Å². The normalized spacial score (nSPS) is 31.2. The van der Waals surface area contributed by atoms with Gasteiger partial charge >= 0.3 is 0 Å². The molecule has 1 aromatic heterocycles. The Kier molecular flexibility index (Phi) is 5.20. The van der Waals surface area contributed by atoms with Gasteiger partial charge in [-0.1, -0.05) is 0 Å². The van der Waals surface area contributed by atoms with Gasteiger partial charge in [0.2, 0.25) is 0 Å². The SMILES string of the molecule is COC[C@@H]1CC2(CCN([C@@H]3CCOC3)CC2)CN1Cc1nccs1. The van der Waals surface area contributed by atoms with Crippen molar-refractivity contribution in [3.8, 4) is 0 Å². The largest absolute Gasteiger partial charge is 0.383 e. The van der Waals surface area contributed by atoms with Gasteiger partial charge in [-0.15, -0.1) is 11.3 Å². The monoisotopic (exact) mass is 351 g/mol. The predicted molar refractivity (Wildman–Crippen MR) is 95.3 cm³/mol. The minimum Gasteiger partial charge on any atom is -0.383 e. The van der Waals surface area contributed by atoms with Gasteiger partial charge in [-0.3, -0.25) is 9.80 Å². The highest BCUT2D eigenvalue weighted by Gasteiger charge is 2.46. The summed E-state index contributed by atoms with van der Waals surface area (Å²) in [6.45, 7) is 7.38. The second-order valence-corrected chi connectivity index (χ2v) is 8.68. The number of rotatable bonds is 5. The molecule has 0 aromatic carbocycles. The van der Waals surface area contributed by atoms with E-state index in [1.165, 1.54) is 50.3 Å². The summed E-state index contributed by atoms with van der Waals surface area (Å²) in [7, 11) is 1.83. The van der Waals surface area contributed by atoms with Gasteiger partial charge in [-0.25, -0.2) is 4.98 Å². The average Bonchev–Trinajstić information content (AvgIpc) is 3.32. The van der Waals surface area contributed by atoms with Crippen LogP contribution in [0.5, 0.6) is 0 Å². The van der Waals surface area contributed by atoms with Crippen LogP contribution in [0.3, 0.4) is 0 Å². The van der Waals surface area contributed by atoms with Gasteiger partial charge in [0.05, 0.1) is 19.8 Å². The maximum absolute atomic E-state index is 5.58. The third-order valence-corrected chi connectivity index (χ3v) is 6.95. The molecule has 4 rings (SSSR count). The van der Waals surface area contributed by atoms with E-state index >= 15 is 0 Å². The van der Waals surface area contributed by atoms with E-state index in [2.05, 4.69) is 20.2 Å². The van der Waals surface area contributed by atoms with Crippen molar-refractivity contribution >= 4 is 11.3 Å². The quantitative estimate of drug-likeness (QED) is 0.813. The fraction of sp³-hybridized carbons (Fsp3) is 0.833. The van der Waals surface area contributed by atoms with Gasteiger partial charge in [0.15, 0.2) is 0 Å². The number of thiazole rings is 1. The van der Waals surface area contributed by atoms with Gasteiger partial charge in [-0.2, -0.15) is 0 Å². The number of ether oxygens (including phenoxy) is 2. The number of hydrogen-bond donors (Lipinski definition) is 0. The summed E-state index contributed by atoms with van der Waals surface area (Å²) in [5, 5.41) is 3.31. The number of aromatic nitrogens is 1. The van der Waals surface area contributed by atoms with Crippen molar-refractivity contribution in [1.29, 1.82) is 0 Å². The first-order valence-electron chi connectivity index (χ1n) is 9.21. The molecule has 2 atom stereocenters. The molecule has 24 heavy (non-hydrogen) atoms. The maximum Gasteiger partial charge on any atom is 0.107 e. The van der Waals surface area contributed by atoms with Crippen LogP contribution < -0.4 is 0 Å². The first kappa shape index (κ1) is 16.9. The molecule has 0 aliphatic carbocycles. The minimum atomic E-state index is 0.483. The predicted octanol–water partition coefficient (Wildman–Crippen LogP) is 2.23. The van der Waals surface area contributed by atoms with Crippen molar-refractivity contribution in [3.63, 3.8) is 0 Å². The molecule has 3 aliphatic rings. The van der Waals surface area contributed by atoms with Crippen LogP contribution in [0.4, 0.5) is 0 Å². The summed E-state index contributed by atoms with van der Waals surface area (Å²) in [5.74, 6) is 0. The van der Waals surface area contributed by atoms with E-state index in [0.717, 1.165) is 26.4 Å². The third kappa shape index (κ3) is 3.53. The standard InChI is InChI=1S/C18H29N3O2S/c1-22-12-16-10-18(14-21(16)11-17-19-5-9-24-17)3-6-20(7-4-18)15-2-8-23-13-15/h5,9,15-16H,2-4,6-8,10-14H2,1H3/t15-,16+/m1/s1. The van der Waals surface area contributed by atoms with E-state index in [-0.39, 0.29) is 0 Å². The van der Waals surface area contributed by atoms with Crippen molar-refractivity contribution in [2.24, 2.45) is 5.41 Å². The summed E-state index contributed by atoms with van der Waals surface area (Å²) in [6.07, 6.45) is 7.05. The van der Waals surface area contributed by atoms with Crippen LogP contribution in [0.2, 0.25) is 0 Å². The summed E-state index contributed by atoms with van der Waals surface area (Å²) in [4.78, 5) is 9.78. The summed E-state index contributed by atoms with van der Waals surface area (Å²) >= 11 is 1.77. The molecule has 1 aromatic rings. The molecular weight excluding hydrogens is 322 g/mol. The van der Waals surface area contributed by atoms with Gasteiger partial charge in [0.1, 0.15) is 5.01 Å². The number of piperidine rings is 1. The highest BCUT2D eigenvalue weighted by molar-refractivity contribution is 7.09. The molecule has 3 fully saturated rings. The van der Waals surface area contributed by atoms with Gasteiger partial charge in [-0.05, 0) is 44.2 Å². The van der Waals surface area contributed by atoms with Crippen molar-refractivity contribution in [2.75, 3.05) is 46.6 Å². The van der Waals surface area contributed by atoms with Crippen LogP contribution in [0.1, 0.15) is 30.7 Å². The van der Waals surface area contributed by atoms with Crippen LogP contribution in [0, 0.1) is 5.41 Å². The molecule has 0 N–H and O–H groups in total. The second-order valence-electron chi connectivity index (χ2n) is 7.70. The lowest BCUT2D eigenvalue weighted by Crippen LogP contribution is -2.46. The summed E-state index contributed by atoms with van der Waals surface area (Å²) < 4.78 is 11.1.